The Kier molecular flexibility index (Phi) is 7.27. The van der Waals surface area contributed by atoms with E-state index in [0.717, 1.165) is 47.1 Å². The highest BCUT2D eigenvalue weighted by Crippen LogP contribution is 2.43. The Morgan fingerprint density at radius 1 is 0.794 bits per heavy atom. The Labute approximate surface area is 210 Å². The van der Waals surface area contributed by atoms with E-state index in [2.05, 4.69) is 41.0 Å². The van der Waals surface area contributed by atoms with Crippen LogP contribution in [0.15, 0.2) is 21.8 Å². The first-order chi connectivity index (χ1) is 16.6. The Morgan fingerprint density at radius 2 is 1.29 bits per heavy atom. The molecule has 14 heteroatoms. The van der Waals surface area contributed by atoms with E-state index in [4.69, 9.17) is 0 Å². The molecule has 176 valence electrons. The van der Waals surface area contributed by atoms with Crippen LogP contribution in [-0.4, -0.2) is 42.2 Å². The molecule has 34 heavy (non-hydrogen) atoms. The molecule has 0 radical (unpaired) electrons. The standard InChI is InChI=1S/C20H20N8O2S4/c29-15(5-13-7-31-9-21-13)23-19-27-25-17(33-19)11-2-1-3-12(4-11)18-26-28-20(34-18)24-16(30)6-14-8-32-10-22-14/h7-12H,1-6H2,(H,23,27,29)(H,24,28,30)/t11-,12-/m0/s1. The summed E-state index contributed by atoms with van der Waals surface area (Å²) in [5.74, 6) is 0.223. The highest BCUT2D eigenvalue weighted by Gasteiger charge is 2.29. The van der Waals surface area contributed by atoms with Crippen molar-refractivity contribution in [3.05, 3.63) is 43.2 Å². The number of amides is 2. The molecular weight excluding hydrogens is 513 g/mol. The number of carbonyl (C=O) groups excluding carboxylic acids is 2. The van der Waals surface area contributed by atoms with Crippen molar-refractivity contribution < 1.29 is 9.59 Å². The third kappa shape index (κ3) is 5.87. The van der Waals surface area contributed by atoms with E-state index in [1.165, 1.54) is 45.3 Å². The summed E-state index contributed by atoms with van der Waals surface area (Å²) < 4.78 is 0. The fourth-order valence-corrected chi connectivity index (χ4v) is 6.77. The molecule has 0 unspecified atom stereocenters. The maximum atomic E-state index is 12.2. The van der Waals surface area contributed by atoms with Gasteiger partial charge in [-0.2, -0.15) is 0 Å². The molecule has 2 amide bonds. The van der Waals surface area contributed by atoms with Gasteiger partial charge in [0.1, 0.15) is 10.0 Å². The smallest absolute Gasteiger partial charge is 0.232 e. The molecule has 1 aliphatic rings. The average molecular weight is 533 g/mol. The van der Waals surface area contributed by atoms with Gasteiger partial charge in [0, 0.05) is 22.6 Å². The number of rotatable bonds is 8. The van der Waals surface area contributed by atoms with Gasteiger partial charge in [-0.15, -0.1) is 43.1 Å². The number of aromatic nitrogens is 6. The zero-order valence-electron chi connectivity index (χ0n) is 17.8. The van der Waals surface area contributed by atoms with Gasteiger partial charge in [0.2, 0.25) is 22.1 Å². The largest absolute Gasteiger partial charge is 0.300 e. The van der Waals surface area contributed by atoms with Crippen molar-refractivity contribution >= 4 is 67.4 Å². The minimum atomic E-state index is -0.145. The summed E-state index contributed by atoms with van der Waals surface area (Å²) in [4.78, 5) is 32.7. The van der Waals surface area contributed by atoms with Gasteiger partial charge in [-0.25, -0.2) is 9.97 Å². The van der Waals surface area contributed by atoms with Crippen LogP contribution in [0, 0.1) is 0 Å². The molecule has 1 saturated carbocycles. The summed E-state index contributed by atoms with van der Waals surface area (Å²) in [6.45, 7) is 0. The van der Waals surface area contributed by atoms with E-state index in [-0.39, 0.29) is 36.5 Å². The van der Waals surface area contributed by atoms with Gasteiger partial charge in [0.15, 0.2) is 0 Å². The Hall–Kier alpha value is -2.68. The molecule has 1 fully saturated rings. The average Bonchev–Trinajstić information content (AvgIpc) is 3.63. The molecule has 2 N–H and O–H groups in total. The zero-order valence-corrected chi connectivity index (χ0v) is 21.1. The molecule has 0 bridgehead atoms. The predicted octanol–water partition coefficient (Wildman–Crippen LogP) is 4.11. The zero-order chi connectivity index (χ0) is 23.3. The molecule has 10 nitrogen and oxygen atoms in total. The van der Waals surface area contributed by atoms with Crippen LogP contribution in [0.25, 0.3) is 0 Å². The van der Waals surface area contributed by atoms with Crippen LogP contribution in [0.5, 0.6) is 0 Å². The lowest BCUT2D eigenvalue weighted by Crippen LogP contribution is -2.14. The Bertz CT molecular complexity index is 1140. The van der Waals surface area contributed by atoms with Gasteiger partial charge in [-0.3, -0.25) is 9.59 Å². The van der Waals surface area contributed by atoms with Crippen LogP contribution in [0.4, 0.5) is 10.3 Å². The SMILES string of the molecule is O=C(Cc1cscn1)Nc1nnc([C@H]2CCC[C@H](c3nnc(NC(=O)Cc4cscn4)s3)C2)s1. The minimum Gasteiger partial charge on any atom is -0.300 e. The van der Waals surface area contributed by atoms with E-state index in [0.29, 0.717) is 10.3 Å². The summed E-state index contributed by atoms with van der Waals surface area (Å²) in [5, 5.41) is 29.3. The minimum absolute atomic E-state index is 0.145. The summed E-state index contributed by atoms with van der Waals surface area (Å²) in [7, 11) is 0. The van der Waals surface area contributed by atoms with Gasteiger partial charge in [-0.1, -0.05) is 29.1 Å². The molecule has 2 atom stereocenters. The first-order valence-electron chi connectivity index (χ1n) is 10.6. The van der Waals surface area contributed by atoms with Crippen molar-refractivity contribution in [1.82, 2.24) is 30.4 Å². The van der Waals surface area contributed by atoms with Crippen molar-refractivity contribution in [2.45, 2.75) is 50.4 Å². The van der Waals surface area contributed by atoms with Crippen molar-refractivity contribution in [2.75, 3.05) is 10.6 Å². The van der Waals surface area contributed by atoms with Gasteiger partial charge in [-0.05, 0) is 19.3 Å². The molecule has 0 spiro atoms. The van der Waals surface area contributed by atoms with Crippen LogP contribution in [0.3, 0.4) is 0 Å². The summed E-state index contributed by atoms with van der Waals surface area (Å²) in [5.41, 5.74) is 4.92. The van der Waals surface area contributed by atoms with E-state index in [1.54, 1.807) is 11.0 Å². The Morgan fingerprint density at radius 3 is 1.74 bits per heavy atom. The molecule has 0 saturated heterocycles. The van der Waals surface area contributed by atoms with Crippen molar-refractivity contribution in [1.29, 1.82) is 0 Å². The van der Waals surface area contributed by atoms with Crippen LogP contribution in [0.1, 0.15) is 58.9 Å². The molecule has 0 aliphatic heterocycles. The first-order valence-corrected chi connectivity index (χ1v) is 14.1. The summed E-state index contributed by atoms with van der Waals surface area (Å²) in [6.07, 6.45) is 4.43. The summed E-state index contributed by atoms with van der Waals surface area (Å²) >= 11 is 5.78. The molecule has 4 heterocycles. The van der Waals surface area contributed by atoms with Crippen LogP contribution < -0.4 is 10.6 Å². The number of hydrogen-bond acceptors (Lipinski definition) is 12. The van der Waals surface area contributed by atoms with Crippen molar-refractivity contribution in [3.8, 4) is 0 Å². The normalized spacial score (nSPS) is 18.0. The molecule has 5 rings (SSSR count). The van der Waals surface area contributed by atoms with Gasteiger partial charge < -0.3 is 10.6 Å². The van der Waals surface area contributed by atoms with E-state index >= 15 is 0 Å². The third-order valence-electron chi connectivity index (χ3n) is 5.40. The lowest BCUT2D eigenvalue weighted by Gasteiger charge is -2.25. The Balaban J connectivity index is 1.16. The lowest BCUT2D eigenvalue weighted by atomic mass is 9.82. The van der Waals surface area contributed by atoms with Gasteiger partial charge >= 0.3 is 0 Å². The van der Waals surface area contributed by atoms with Crippen molar-refractivity contribution in [3.63, 3.8) is 0 Å². The summed E-state index contributed by atoms with van der Waals surface area (Å²) in [6, 6.07) is 0. The highest BCUT2D eigenvalue weighted by molar-refractivity contribution is 7.15. The fourth-order valence-electron chi connectivity index (χ4n) is 3.84. The maximum Gasteiger partial charge on any atom is 0.232 e. The molecule has 0 aromatic carbocycles. The van der Waals surface area contributed by atoms with Crippen molar-refractivity contribution in [2.24, 2.45) is 0 Å². The quantitative estimate of drug-likeness (QED) is 0.346. The van der Waals surface area contributed by atoms with E-state index in [9.17, 15) is 9.59 Å². The molecule has 1 aliphatic carbocycles. The molecular formula is C20H20N8O2S4. The second-order valence-corrected chi connectivity index (χ2v) is 11.3. The lowest BCUT2D eigenvalue weighted by molar-refractivity contribution is -0.116. The van der Waals surface area contributed by atoms with Crippen LogP contribution in [-0.2, 0) is 22.4 Å². The second-order valence-electron chi connectivity index (χ2n) is 7.86. The van der Waals surface area contributed by atoms with Gasteiger partial charge in [0.25, 0.3) is 0 Å². The number of hydrogen-bond donors (Lipinski definition) is 2. The molecule has 4 aromatic heterocycles. The molecule has 4 aromatic rings. The second kappa shape index (κ2) is 10.7. The highest BCUT2D eigenvalue weighted by atomic mass is 32.1. The predicted molar refractivity (Wildman–Crippen MR) is 133 cm³/mol. The number of carbonyl (C=O) groups is 2. The maximum absolute atomic E-state index is 12.2. The van der Waals surface area contributed by atoms with E-state index in [1.807, 2.05) is 10.8 Å². The monoisotopic (exact) mass is 532 g/mol. The fraction of sp³-hybridized carbons (Fsp3) is 0.400. The van der Waals surface area contributed by atoms with E-state index < -0.39 is 0 Å². The number of nitrogens with zero attached hydrogens (tertiary/aromatic N) is 6. The topological polar surface area (TPSA) is 136 Å². The van der Waals surface area contributed by atoms with Crippen LogP contribution in [0.2, 0.25) is 0 Å². The number of anilines is 2. The van der Waals surface area contributed by atoms with Crippen LogP contribution >= 0.6 is 45.3 Å². The first kappa shape index (κ1) is 23.1. The number of nitrogens with one attached hydrogen (secondary N) is 2. The van der Waals surface area contributed by atoms with Gasteiger partial charge in [0.05, 0.1) is 35.3 Å². The third-order valence-corrected chi connectivity index (χ3v) is 8.67. The number of thiazole rings is 2.